The minimum Gasteiger partial charge on any atom is -0.493 e. The van der Waals surface area contributed by atoms with Gasteiger partial charge in [-0.05, 0) is 37.0 Å². The van der Waals surface area contributed by atoms with E-state index in [9.17, 15) is 9.59 Å². The zero-order chi connectivity index (χ0) is 18.4. The van der Waals surface area contributed by atoms with Crippen LogP contribution in [0.3, 0.4) is 0 Å². The van der Waals surface area contributed by atoms with Gasteiger partial charge in [0.2, 0.25) is 5.91 Å². The number of hydrogen-bond donors (Lipinski definition) is 1. The van der Waals surface area contributed by atoms with E-state index in [1.807, 2.05) is 18.7 Å². The fraction of sp³-hybridized carbons (Fsp3) is 0.579. The van der Waals surface area contributed by atoms with E-state index in [0.29, 0.717) is 29.5 Å². The SMILES string of the molecule is COc1ccc(C(=O)NCC2CCN(C(=O)C(C)C)CC2)cc1OC. The molecular weight excluding hydrogens is 320 g/mol. The molecule has 1 N–H and O–H groups in total. The van der Waals surface area contributed by atoms with Gasteiger partial charge in [-0.1, -0.05) is 13.8 Å². The van der Waals surface area contributed by atoms with Gasteiger partial charge in [0.05, 0.1) is 14.2 Å². The van der Waals surface area contributed by atoms with E-state index < -0.39 is 0 Å². The van der Waals surface area contributed by atoms with Crippen molar-refractivity contribution in [2.75, 3.05) is 33.9 Å². The van der Waals surface area contributed by atoms with E-state index in [-0.39, 0.29) is 17.7 Å². The number of methoxy groups -OCH3 is 2. The standard InChI is InChI=1S/C19H28N2O4/c1-13(2)19(23)21-9-7-14(8-10-21)12-20-18(22)15-5-6-16(24-3)17(11-15)25-4/h5-6,11,13-14H,7-10,12H2,1-4H3,(H,20,22). The van der Waals surface area contributed by atoms with Crippen LogP contribution >= 0.6 is 0 Å². The number of hydrogen-bond acceptors (Lipinski definition) is 4. The molecule has 1 aromatic rings. The summed E-state index contributed by atoms with van der Waals surface area (Å²) >= 11 is 0. The van der Waals surface area contributed by atoms with Crippen molar-refractivity contribution in [3.05, 3.63) is 23.8 Å². The molecule has 0 aromatic heterocycles. The lowest BCUT2D eigenvalue weighted by Crippen LogP contribution is -2.43. The van der Waals surface area contributed by atoms with Crippen LogP contribution in [-0.4, -0.2) is 50.6 Å². The minimum atomic E-state index is -0.123. The molecule has 1 heterocycles. The van der Waals surface area contributed by atoms with Gasteiger partial charge in [-0.2, -0.15) is 0 Å². The van der Waals surface area contributed by atoms with Crippen molar-refractivity contribution in [3.8, 4) is 11.5 Å². The molecule has 1 aromatic carbocycles. The Morgan fingerprint density at radius 2 is 1.80 bits per heavy atom. The number of likely N-dealkylation sites (tertiary alicyclic amines) is 1. The molecule has 1 aliphatic rings. The molecule has 1 aliphatic heterocycles. The van der Waals surface area contributed by atoms with E-state index in [0.717, 1.165) is 25.9 Å². The van der Waals surface area contributed by atoms with Crippen LogP contribution in [-0.2, 0) is 4.79 Å². The number of nitrogens with zero attached hydrogens (tertiary/aromatic N) is 1. The van der Waals surface area contributed by atoms with Crippen LogP contribution in [0.25, 0.3) is 0 Å². The first-order valence-electron chi connectivity index (χ1n) is 8.75. The Morgan fingerprint density at radius 1 is 1.16 bits per heavy atom. The predicted molar refractivity (Wildman–Crippen MR) is 96.0 cm³/mol. The van der Waals surface area contributed by atoms with Gasteiger partial charge in [-0.25, -0.2) is 0 Å². The van der Waals surface area contributed by atoms with Crippen molar-refractivity contribution >= 4 is 11.8 Å². The molecule has 0 unspecified atom stereocenters. The van der Waals surface area contributed by atoms with Gasteiger partial charge in [0, 0.05) is 31.1 Å². The highest BCUT2D eigenvalue weighted by molar-refractivity contribution is 5.94. The number of piperidine rings is 1. The third kappa shape index (κ3) is 4.87. The second-order valence-corrected chi connectivity index (χ2v) is 6.70. The Kier molecular flexibility index (Phi) is 6.67. The number of carbonyl (C=O) groups excluding carboxylic acids is 2. The normalized spacial score (nSPS) is 15.2. The molecular formula is C19H28N2O4. The highest BCUT2D eigenvalue weighted by Crippen LogP contribution is 2.27. The fourth-order valence-electron chi connectivity index (χ4n) is 3.04. The lowest BCUT2D eigenvalue weighted by Gasteiger charge is -2.33. The van der Waals surface area contributed by atoms with Crippen molar-refractivity contribution in [2.24, 2.45) is 11.8 Å². The summed E-state index contributed by atoms with van der Waals surface area (Å²) in [5, 5.41) is 2.99. The van der Waals surface area contributed by atoms with E-state index in [1.165, 1.54) is 0 Å². The molecule has 0 bridgehead atoms. The van der Waals surface area contributed by atoms with Gasteiger partial charge < -0.3 is 19.7 Å². The first-order chi connectivity index (χ1) is 12.0. The molecule has 6 nitrogen and oxygen atoms in total. The summed E-state index contributed by atoms with van der Waals surface area (Å²) in [5.74, 6) is 1.67. The molecule has 1 saturated heterocycles. The summed E-state index contributed by atoms with van der Waals surface area (Å²) in [7, 11) is 3.11. The smallest absolute Gasteiger partial charge is 0.251 e. The Morgan fingerprint density at radius 3 is 2.36 bits per heavy atom. The highest BCUT2D eigenvalue weighted by Gasteiger charge is 2.24. The third-order valence-corrected chi connectivity index (χ3v) is 4.62. The molecule has 2 rings (SSSR count). The number of nitrogens with one attached hydrogen (secondary N) is 1. The predicted octanol–water partition coefficient (Wildman–Crippen LogP) is 2.33. The summed E-state index contributed by atoms with van der Waals surface area (Å²) in [4.78, 5) is 26.3. The Labute approximate surface area is 149 Å². The quantitative estimate of drug-likeness (QED) is 0.857. The molecule has 2 amide bonds. The van der Waals surface area contributed by atoms with Crippen LogP contribution in [0.4, 0.5) is 0 Å². The molecule has 0 saturated carbocycles. The summed E-state index contributed by atoms with van der Waals surface area (Å²) < 4.78 is 10.4. The van der Waals surface area contributed by atoms with E-state index in [2.05, 4.69) is 5.32 Å². The van der Waals surface area contributed by atoms with Gasteiger partial charge in [0.15, 0.2) is 11.5 Å². The maximum absolute atomic E-state index is 12.3. The number of benzene rings is 1. The molecule has 0 radical (unpaired) electrons. The van der Waals surface area contributed by atoms with E-state index >= 15 is 0 Å². The molecule has 25 heavy (non-hydrogen) atoms. The third-order valence-electron chi connectivity index (χ3n) is 4.62. The van der Waals surface area contributed by atoms with Crippen molar-refractivity contribution in [2.45, 2.75) is 26.7 Å². The largest absolute Gasteiger partial charge is 0.493 e. The lowest BCUT2D eigenvalue weighted by atomic mass is 9.96. The second-order valence-electron chi connectivity index (χ2n) is 6.70. The van der Waals surface area contributed by atoms with Gasteiger partial charge in [0.1, 0.15) is 0 Å². The zero-order valence-corrected chi connectivity index (χ0v) is 15.5. The van der Waals surface area contributed by atoms with Crippen molar-refractivity contribution in [3.63, 3.8) is 0 Å². The molecule has 0 atom stereocenters. The van der Waals surface area contributed by atoms with E-state index in [1.54, 1.807) is 32.4 Å². The second kappa shape index (κ2) is 8.74. The summed E-state index contributed by atoms with van der Waals surface area (Å²) in [6.07, 6.45) is 1.84. The molecule has 1 fully saturated rings. The summed E-state index contributed by atoms with van der Waals surface area (Å²) in [6, 6.07) is 5.13. The lowest BCUT2D eigenvalue weighted by molar-refractivity contribution is -0.135. The molecule has 6 heteroatoms. The first kappa shape index (κ1) is 19.1. The number of carbonyl (C=O) groups is 2. The van der Waals surface area contributed by atoms with E-state index in [4.69, 9.17) is 9.47 Å². The van der Waals surface area contributed by atoms with Gasteiger partial charge in [0.25, 0.3) is 5.91 Å². The number of rotatable bonds is 6. The monoisotopic (exact) mass is 348 g/mol. The summed E-state index contributed by atoms with van der Waals surface area (Å²) in [5.41, 5.74) is 0.546. The minimum absolute atomic E-state index is 0.0429. The van der Waals surface area contributed by atoms with Crippen LogP contribution in [0.2, 0.25) is 0 Å². The zero-order valence-electron chi connectivity index (χ0n) is 15.5. The molecule has 0 spiro atoms. The Hall–Kier alpha value is -2.24. The van der Waals surface area contributed by atoms with Gasteiger partial charge >= 0.3 is 0 Å². The highest BCUT2D eigenvalue weighted by atomic mass is 16.5. The fourth-order valence-corrected chi connectivity index (χ4v) is 3.04. The average Bonchev–Trinajstić information content (AvgIpc) is 2.65. The maximum atomic E-state index is 12.3. The summed E-state index contributed by atoms with van der Waals surface area (Å²) in [6.45, 7) is 6.02. The average molecular weight is 348 g/mol. The van der Waals surface area contributed by atoms with Crippen LogP contribution in [0.1, 0.15) is 37.0 Å². The first-order valence-corrected chi connectivity index (χ1v) is 8.75. The van der Waals surface area contributed by atoms with Crippen LogP contribution in [0, 0.1) is 11.8 Å². The van der Waals surface area contributed by atoms with Crippen molar-refractivity contribution < 1.29 is 19.1 Å². The van der Waals surface area contributed by atoms with Gasteiger partial charge in [-0.15, -0.1) is 0 Å². The Bertz CT molecular complexity index is 607. The van der Waals surface area contributed by atoms with Gasteiger partial charge in [-0.3, -0.25) is 9.59 Å². The van der Waals surface area contributed by atoms with Crippen molar-refractivity contribution in [1.82, 2.24) is 10.2 Å². The number of ether oxygens (including phenoxy) is 2. The number of amides is 2. The Balaban J connectivity index is 1.84. The molecule has 138 valence electrons. The van der Waals surface area contributed by atoms with Crippen LogP contribution in [0.5, 0.6) is 11.5 Å². The maximum Gasteiger partial charge on any atom is 0.251 e. The van der Waals surface area contributed by atoms with Crippen molar-refractivity contribution in [1.29, 1.82) is 0 Å². The topological polar surface area (TPSA) is 67.9 Å². The van der Waals surface area contributed by atoms with Crippen LogP contribution < -0.4 is 14.8 Å². The van der Waals surface area contributed by atoms with Crippen LogP contribution in [0.15, 0.2) is 18.2 Å². The molecule has 0 aliphatic carbocycles.